The Morgan fingerprint density at radius 3 is 2.66 bits per heavy atom. The zero-order valence-electron chi connectivity index (χ0n) is 15.8. The number of aromatic nitrogens is 6. The van der Waals surface area contributed by atoms with E-state index in [0.29, 0.717) is 17.8 Å². The van der Waals surface area contributed by atoms with E-state index in [9.17, 15) is 4.79 Å². The Hall–Kier alpha value is -3.39. The Labute approximate surface area is 170 Å². The van der Waals surface area contributed by atoms with Crippen LogP contribution in [0.1, 0.15) is 17.5 Å². The van der Waals surface area contributed by atoms with E-state index in [0.717, 1.165) is 29.7 Å². The molecule has 0 aliphatic rings. The van der Waals surface area contributed by atoms with E-state index in [2.05, 4.69) is 28.2 Å². The molecule has 7 nitrogen and oxygen atoms in total. The zero-order chi connectivity index (χ0) is 19.8. The minimum atomic E-state index is -0.198. The standard InChI is InChI=1S/C21H18N6OS/c1-2-16-17(14-7-4-3-5-8-14)19-24-23-18-20(27(19)25-16)22-13-26(21(18)28)11-10-15-9-6-12-29-15/h3-9,12-13H,2,10-11H2,1H3. The van der Waals surface area contributed by atoms with E-state index in [-0.39, 0.29) is 11.1 Å². The third-order valence-electron chi connectivity index (χ3n) is 4.95. The van der Waals surface area contributed by atoms with Crippen LogP contribution in [0, 0.1) is 0 Å². The number of nitrogens with zero attached hydrogens (tertiary/aromatic N) is 6. The van der Waals surface area contributed by atoms with Crippen LogP contribution in [0.3, 0.4) is 0 Å². The molecule has 0 aliphatic carbocycles. The Morgan fingerprint density at radius 1 is 1.03 bits per heavy atom. The van der Waals surface area contributed by atoms with Gasteiger partial charge in [0, 0.05) is 11.4 Å². The van der Waals surface area contributed by atoms with Crippen LogP contribution in [0.2, 0.25) is 0 Å². The first-order chi connectivity index (χ1) is 14.3. The van der Waals surface area contributed by atoms with Crippen LogP contribution < -0.4 is 5.56 Å². The van der Waals surface area contributed by atoms with Crippen LogP contribution >= 0.6 is 11.3 Å². The van der Waals surface area contributed by atoms with Gasteiger partial charge in [-0.1, -0.05) is 43.3 Å². The highest BCUT2D eigenvalue weighted by atomic mass is 32.1. The number of rotatable bonds is 5. The van der Waals surface area contributed by atoms with Gasteiger partial charge in [-0.15, -0.1) is 21.5 Å². The molecule has 4 aromatic heterocycles. The molecule has 0 spiro atoms. The second kappa shape index (κ2) is 7.21. The number of fused-ring (bicyclic) bond motifs is 3. The largest absolute Gasteiger partial charge is 0.297 e. The Bertz CT molecular complexity index is 1360. The highest BCUT2D eigenvalue weighted by Crippen LogP contribution is 2.28. The minimum Gasteiger partial charge on any atom is -0.297 e. The molecule has 0 atom stereocenters. The van der Waals surface area contributed by atoms with Gasteiger partial charge >= 0.3 is 0 Å². The molecule has 0 saturated carbocycles. The smallest absolute Gasteiger partial charge is 0.283 e. The lowest BCUT2D eigenvalue weighted by Gasteiger charge is -2.06. The molecule has 0 fully saturated rings. The Balaban J connectivity index is 1.65. The van der Waals surface area contributed by atoms with Gasteiger partial charge in [0.2, 0.25) is 0 Å². The van der Waals surface area contributed by atoms with Gasteiger partial charge in [0.15, 0.2) is 16.8 Å². The molecule has 4 heterocycles. The first-order valence-corrected chi connectivity index (χ1v) is 10.4. The maximum atomic E-state index is 12.9. The van der Waals surface area contributed by atoms with Crippen LogP contribution in [-0.4, -0.2) is 29.4 Å². The van der Waals surface area contributed by atoms with Crippen molar-refractivity contribution in [1.29, 1.82) is 0 Å². The zero-order valence-corrected chi connectivity index (χ0v) is 16.6. The number of thiophene rings is 1. The lowest BCUT2D eigenvalue weighted by Crippen LogP contribution is -2.23. The molecule has 8 heteroatoms. The van der Waals surface area contributed by atoms with Gasteiger partial charge in [0.1, 0.15) is 6.33 Å². The van der Waals surface area contributed by atoms with Crippen molar-refractivity contribution in [3.05, 3.63) is 75.1 Å². The number of hydrogen-bond donors (Lipinski definition) is 0. The number of benzene rings is 1. The summed E-state index contributed by atoms with van der Waals surface area (Å²) < 4.78 is 3.24. The van der Waals surface area contributed by atoms with E-state index in [4.69, 9.17) is 5.10 Å². The summed E-state index contributed by atoms with van der Waals surface area (Å²) in [4.78, 5) is 18.7. The molecular formula is C21H18N6OS. The molecule has 0 saturated heterocycles. The Morgan fingerprint density at radius 2 is 1.90 bits per heavy atom. The van der Waals surface area contributed by atoms with E-state index < -0.39 is 0 Å². The summed E-state index contributed by atoms with van der Waals surface area (Å²) in [6.07, 6.45) is 3.10. The van der Waals surface area contributed by atoms with Crippen molar-refractivity contribution in [3.63, 3.8) is 0 Å². The van der Waals surface area contributed by atoms with Gasteiger partial charge in [-0.2, -0.15) is 9.61 Å². The lowest BCUT2D eigenvalue weighted by molar-refractivity contribution is 0.662. The lowest BCUT2D eigenvalue weighted by atomic mass is 10.0. The van der Waals surface area contributed by atoms with E-state index in [1.807, 2.05) is 41.8 Å². The average molecular weight is 402 g/mol. The van der Waals surface area contributed by atoms with Crippen molar-refractivity contribution in [1.82, 2.24) is 29.4 Å². The first kappa shape index (κ1) is 17.7. The summed E-state index contributed by atoms with van der Waals surface area (Å²) in [5, 5.41) is 15.3. The van der Waals surface area contributed by atoms with Crippen molar-refractivity contribution >= 4 is 28.1 Å². The molecule has 5 aromatic rings. The van der Waals surface area contributed by atoms with Crippen LogP contribution in [0.25, 0.3) is 27.9 Å². The van der Waals surface area contributed by atoms with Crippen molar-refractivity contribution in [3.8, 4) is 11.1 Å². The topological polar surface area (TPSA) is 78.0 Å². The summed E-state index contributed by atoms with van der Waals surface area (Å²) in [7, 11) is 0. The average Bonchev–Trinajstić information content (AvgIpc) is 3.41. The molecule has 144 valence electrons. The van der Waals surface area contributed by atoms with Gasteiger partial charge < -0.3 is 0 Å². The maximum Gasteiger partial charge on any atom is 0.283 e. The van der Waals surface area contributed by atoms with E-state index >= 15 is 0 Å². The van der Waals surface area contributed by atoms with Crippen molar-refractivity contribution in [2.75, 3.05) is 0 Å². The Kier molecular flexibility index (Phi) is 4.40. The fourth-order valence-corrected chi connectivity index (χ4v) is 4.19. The summed E-state index contributed by atoms with van der Waals surface area (Å²) in [5.41, 5.74) is 3.95. The molecule has 0 N–H and O–H groups in total. The van der Waals surface area contributed by atoms with Gasteiger partial charge in [-0.25, -0.2) is 4.98 Å². The molecule has 29 heavy (non-hydrogen) atoms. The van der Waals surface area contributed by atoms with Gasteiger partial charge in [0.25, 0.3) is 5.56 Å². The van der Waals surface area contributed by atoms with Crippen molar-refractivity contribution < 1.29 is 0 Å². The second-order valence-corrected chi connectivity index (χ2v) is 7.75. The molecule has 1 aromatic carbocycles. The molecular weight excluding hydrogens is 384 g/mol. The normalized spacial score (nSPS) is 11.5. The van der Waals surface area contributed by atoms with Crippen LogP contribution in [0.15, 0.2) is 59.0 Å². The number of aryl methyl sites for hydroxylation is 3. The van der Waals surface area contributed by atoms with Crippen LogP contribution in [0.4, 0.5) is 0 Å². The van der Waals surface area contributed by atoms with Crippen LogP contribution in [-0.2, 0) is 19.4 Å². The van der Waals surface area contributed by atoms with Crippen LogP contribution in [0.5, 0.6) is 0 Å². The van der Waals surface area contributed by atoms with Crippen molar-refractivity contribution in [2.45, 2.75) is 26.3 Å². The molecule has 0 aliphatic heterocycles. The minimum absolute atomic E-state index is 0.198. The first-order valence-electron chi connectivity index (χ1n) is 9.47. The van der Waals surface area contributed by atoms with Gasteiger partial charge in [-0.05, 0) is 29.9 Å². The summed E-state index contributed by atoms with van der Waals surface area (Å²) >= 11 is 1.68. The van der Waals surface area contributed by atoms with Gasteiger partial charge in [-0.3, -0.25) is 9.36 Å². The predicted molar refractivity (Wildman–Crippen MR) is 113 cm³/mol. The van der Waals surface area contributed by atoms with E-state index in [1.165, 1.54) is 4.88 Å². The molecule has 0 radical (unpaired) electrons. The molecule has 0 unspecified atom stereocenters. The monoisotopic (exact) mass is 402 g/mol. The van der Waals surface area contributed by atoms with E-state index in [1.54, 1.807) is 26.7 Å². The quantitative estimate of drug-likeness (QED) is 0.450. The third-order valence-corrected chi connectivity index (χ3v) is 5.89. The fourth-order valence-electron chi connectivity index (χ4n) is 3.50. The molecule has 0 bridgehead atoms. The molecule has 0 amide bonds. The number of hydrogen-bond acceptors (Lipinski definition) is 6. The molecule has 5 rings (SSSR count). The highest BCUT2D eigenvalue weighted by molar-refractivity contribution is 7.09. The second-order valence-electron chi connectivity index (χ2n) is 6.72. The summed E-state index contributed by atoms with van der Waals surface area (Å²) in [5.74, 6) is 0. The van der Waals surface area contributed by atoms with Crippen molar-refractivity contribution in [2.24, 2.45) is 0 Å². The maximum absolute atomic E-state index is 12.9. The third kappa shape index (κ3) is 3.01. The van der Waals surface area contributed by atoms with Gasteiger partial charge in [0.05, 0.1) is 11.3 Å². The predicted octanol–water partition coefficient (Wildman–Crippen LogP) is 3.37. The summed E-state index contributed by atoms with van der Waals surface area (Å²) in [6.45, 7) is 2.60. The highest BCUT2D eigenvalue weighted by Gasteiger charge is 2.19. The summed E-state index contributed by atoms with van der Waals surface area (Å²) in [6, 6.07) is 14.1. The fraction of sp³-hybridized carbons (Fsp3) is 0.190. The SMILES string of the molecule is CCc1nn2c(nnc3c(=O)n(CCc4cccs4)cnc32)c1-c1ccccc1.